The van der Waals surface area contributed by atoms with Gasteiger partial charge in [-0.25, -0.2) is 4.98 Å². The fraction of sp³-hybridized carbons (Fsp3) is 0.143. The van der Waals surface area contributed by atoms with Crippen LogP contribution in [0.1, 0.15) is 23.2 Å². The number of halogens is 1. The predicted octanol–water partition coefficient (Wildman–Crippen LogP) is 2.59. The lowest BCUT2D eigenvalue weighted by Crippen LogP contribution is -2.49. The SMILES string of the molecule is O=C(NNC(=O)c1cc(-c2ccccc2Cl)nc2ccccc12)C(=O)NC1CC1. The molecule has 0 radical (unpaired) electrons. The molecule has 0 aliphatic heterocycles. The maximum Gasteiger partial charge on any atom is 0.327 e. The Bertz CT molecular complexity index is 1130. The molecule has 146 valence electrons. The van der Waals surface area contributed by atoms with Gasteiger partial charge in [-0.1, -0.05) is 48.0 Å². The number of nitrogens with zero attached hydrogens (tertiary/aromatic N) is 1. The lowest BCUT2D eigenvalue weighted by molar-refractivity contribution is -0.139. The number of aromatic nitrogens is 1. The van der Waals surface area contributed by atoms with Crippen molar-refractivity contribution in [3.63, 3.8) is 0 Å². The summed E-state index contributed by atoms with van der Waals surface area (Å²) in [5.41, 5.74) is 6.56. The molecule has 3 aromatic rings. The van der Waals surface area contributed by atoms with Gasteiger partial charge in [-0.3, -0.25) is 25.2 Å². The third-order valence-electron chi connectivity index (χ3n) is 4.52. The first-order valence-corrected chi connectivity index (χ1v) is 9.46. The summed E-state index contributed by atoms with van der Waals surface area (Å²) in [6.45, 7) is 0. The van der Waals surface area contributed by atoms with E-state index in [1.807, 2.05) is 24.3 Å². The maximum atomic E-state index is 12.8. The van der Waals surface area contributed by atoms with Gasteiger partial charge in [-0.2, -0.15) is 0 Å². The lowest BCUT2D eigenvalue weighted by Gasteiger charge is -2.12. The fourth-order valence-corrected chi connectivity index (χ4v) is 3.12. The van der Waals surface area contributed by atoms with Gasteiger partial charge in [0.15, 0.2) is 0 Å². The van der Waals surface area contributed by atoms with E-state index in [0.29, 0.717) is 32.7 Å². The van der Waals surface area contributed by atoms with Crippen LogP contribution >= 0.6 is 11.6 Å². The number of fused-ring (bicyclic) bond motifs is 1. The molecule has 1 aliphatic rings. The first-order chi connectivity index (χ1) is 14.0. The summed E-state index contributed by atoms with van der Waals surface area (Å²) in [5, 5.41) is 3.67. The molecule has 1 aromatic heterocycles. The summed E-state index contributed by atoms with van der Waals surface area (Å²) < 4.78 is 0. The molecule has 29 heavy (non-hydrogen) atoms. The fourth-order valence-electron chi connectivity index (χ4n) is 2.89. The van der Waals surface area contributed by atoms with Crippen LogP contribution in [0.2, 0.25) is 5.02 Å². The molecule has 2 aromatic carbocycles. The van der Waals surface area contributed by atoms with Gasteiger partial charge in [0.25, 0.3) is 5.91 Å². The second kappa shape index (κ2) is 7.89. The molecule has 1 saturated carbocycles. The zero-order chi connectivity index (χ0) is 20.4. The van der Waals surface area contributed by atoms with Crippen molar-refractivity contribution in [3.05, 3.63) is 65.2 Å². The Morgan fingerprint density at radius 1 is 0.931 bits per heavy atom. The van der Waals surface area contributed by atoms with Gasteiger partial charge in [0, 0.05) is 22.0 Å². The van der Waals surface area contributed by atoms with Gasteiger partial charge < -0.3 is 5.32 Å². The number of carbonyl (C=O) groups excluding carboxylic acids is 3. The van der Waals surface area contributed by atoms with Gasteiger partial charge in [-0.15, -0.1) is 0 Å². The first-order valence-electron chi connectivity index (χ1n) is 9.09. The third kappa shape index (κ3) is 4.20. The summed E-state index contributed by atoms with van der Waals surface area (Å²) in [5.74, 6) is -2.26. The Morgan fingerprint density at radius 3 is 2.41 bits per heavy atom. The summed E-state index contributed by atoms with van der Waals surface area (Å²) in [7, 11) is 0. The van der Waals surface area contributed by atoms with E-state index in [4.69, 9.17) is 11.6 Å². The molecule has 0 unspecified atom stereocenters. The molecule has 1 fully saturated rings. The van der Waals surface area contributed by atoms with Gasteiger partial charge >= 0.3 is 11.8 Å². The van der Waals surface area contributed by atoms with Crippen LogP contribution in [-0.2, 0) is 9.59 Å². The first kappa shape index (κ1) is 18.9. The molecule has 3 N–H and O–H groups in total. The molecular formula is C21H17ClN4O3. The number of para-hydroxylation sites is 1. The van der Waals surface area contributed by atoms with E-state index < -0.39 is 17.7 Å². The Hall–Kier alpha value is -3.45. The Kier molecular flexibility index (Phi) is 5.14. The van der Waals surface area contributed by atoms with E-state index in [-0.39, 0.29) is 6.04 Å². The van der Waals surface area contributed by atoms with Crippen molar-refractivity contribution < 1.29 is 14.4 Å². The molecule has 0 spiro atoms. The number of hydrogen-bond donors (Lipinski definition) is 3. The van der Waals surface area contributed by atoms with E-state index in [1.165, 1.54) is 0 Å². The summed E-state index contributed by atoms with van der Waals surface area (Å²) in [4.78, 5) is 41.0. The standard InChI is InChI=1S/C21H17ClN4O3/c22-16-7-3-1-6-14(16)18-11-15(13-5-2-4-8-17(13)24-18)19(27)25-26-21(29)20(28)23-12-9-10-12/h1-8,11-12H,9-10H2,(H,23,28)(H,25,27)(H,26,29). The number of hydrogen-bond acceptors (Lipinski definition) is 4. The Labute approximate surface area is 171 Å². The quantitative estimate of drug-likeness (QED) is 0.458. The average Bonchev–Trinajstić information content (AvgIpc) is 3.55. The van der Waals surface area contributed by atoms with Crippen molar-refractivity contribution in [1.29, 1.82) is 0 Å². The Balaban J connectivity index is 1.61. The van der Waals surface area contributed by atoms with Crippen molar-refractivity contribution in [2.24, 2.45) is 0 Å². The minimum Gasteiger partial charge on any atom is -0.345 e. The van der Waals surface area contributed by atoms with Crippen molar-refractivity contribution >= 4 is 40.2 Å². The smallest absolute Gasteiger partial charge is 0.327 e. The predicted molar refractivity (Wildman–Crippen MR) is 109 cm³/mol. The molecule has 3 amide bonds. The molecule has 0 saturated heterocycles. The molecule has 1 heterocycles. The van der Waals surface area contributed by atoms with Crippen LogP contribution in [0, 0.1) is 0 Å². The number of rotatable bonds is 3. The molecule has 7 nitrogen and oxygen atoms in total. The van der Waals surface area contributed by atoms with Crippen LogP contribution in [-0.4, -0.2) is 28.7 Å². The highest BCUT2D eigenvalue weighted by Gasteiger charge is 2.26. The monoisotopic (exact) mass is 408 g/mol. The second-order valence-corrected chi connectivity index (χ2v) is 7.12. The number of amides is 3. The van der Waals surface area contributed by atoms with E-state index >= 15 is 0 Å². The summed E-state index contributed by atoms with van der Waals surface area (Å²) >= 11 is 6.28. The second-order valence-electron chi connectivity index (χ2n) is 6.71. The number of nitrogens with one attached hydrogen (secondary N) is 3. The zero-order valence-electron chi connectivity index (χ0n) is 15.2. The van der Waals surface area contributed by atoms with Crippen LogP contribution in [0.3, 0.4) is 0 Å². The van der Waals surface area contributed by atoms with Gasteiger partial charge in [-0.05, 0) is 31.0 Å². The average molecular weight is 409 g/mol. The molecule has 1 aliphatic carbocycles. The van der Waals surface area contributed by atoms with Crippen LogP contribution < -0.4 is 16.2 Å². The van der Waals surface area contributed by atoms with Crippen LogP contribution in [0.25, 0.3) is 22.2 Å². The highest BCUT2D eigenvalue weighted by molar-refractivity contribution is 6.35. The van der Waals surface area contributed by atoms with E-state index in [1.54, 1.807) is 30.3 Å². The third-order valence-corrected chi connectivity index (χ3v) is 4.85. The van der Waals surface area contributed by atoms with E-state index in [0.717, 1.165) is 12.8 Å². The van der Waals surface area contributed by atoms with Crippen LogP contribution in [0.4, 0.5) is 0 Å². The van der Waals surface area contributed by atoms with Crippen molar-refractivity contribution in [1.82, 2.24) is 21.2 Å². The zero-order valence-corrected chi connectivity index (χ0v) is 16.0. The molecule has 8 heteroatoms. The van der Waals surface area contributed by atoms with Gasteiger partial charge in [0.1, 0.15) is 0 Å². The lowest BCUT2D eigenvalue weighted by atomic mass is 10.0. The summed E-state index contributed by atoms with van der Waals surface area (Å²) in [6, 6.07) is 16.0. The molecular weight excluding hydrogens is 392 g/mol. The number of carbonyl (C=O) groups is 3. The minimum atomic E-state index is -0.921. The molecule has 4 rings (SSSR count). The van der Waals surface area contributed by atoms with Gasteiger partial charge in [0.05, 0.1) is 16.8 Å². The highest BCUT2D eigenvalue weighted by atomic mass is 35.5. The van der Waals surface area contributed by atoms with Crippen LogP contribution in [0.15, 0.2) is 54.6 Å². The normalized spacial score (nSPS) is 13.0. The number of hydrazine groups is 1. The van der Waals surface area contributed by atoms with Crippen molar-refractivity contribution in [2.45, 2.75) is 18.9 Å². The Morgan fingerprint density at radius 2 is 1.66 bits per heavy atom. The van der Waals surface area contributed by atoms with Crippen LogP contribution in [0.5, 0.6) is 0 Å². The topological polar surface area (TPSA) is 100 Å². The van der Waals surface area contributed by atoms with Crippen molar-refractivity contribution in [2.75, 3.05) is 0 Å². The van der Waals surface area contributed by atoms with E-state index in [9.17, 15) is 14.4 Å². The minimum absolute atomic E-state index is 0.0475. The number of pyridine rings is 1. The highest BCUT2D eigenvalue weighted by Crippen LogP contribution is 2.29. The van der Waals surface area contributed by atoms with Crippen molar-refractivity contribution in [3.8, 4) is 11.3 Å². The molecule has 0 bridgehead atoms. The summed E-state index contributed by atoms with van der Waals surface area (Å²) in [6.07, 6.45) is 1.72. The molecule has 0 atom stereocenters. The largest absolute Gasteiger partial charge is 0.345 e. The number of benzene rings is 2. The van der Waals surface area contributed by atoms with Gasteiger partial charge in [0.2, 0.25) is 0 Å². The van der Waals surface area contributed by atoms with E-state index in [2.05, 4.69) is 21.2 Å². The maximum absolute atomic E-state index is 12.8.